The van der Waals surface area contributed by atoms with Gasteiger partial charge in [0.1, 0.15) is 0 Å². The molecule has 0 spiro atoms. The lowest BCUT2D eigenvalue weighted by atomic mass is 10.4. The Morgan fingerprint density at radius 1 is 1.53 bits per heavy atom. The normalized spacial score (nSPS) is 10.7. The number of hydrogen-bond acceptors (Lipinski definition) is 3. The zero-order valence-electron chi connectivity index (χ0n) is 8.83. The average molecular weight is 294 g/mol. The minimum Gasteiger partial charge on any atom is -0.477 e. The fraction of sp³-hybridized carbons (Fsp3) is 0.500. The van der Waals surface area contributed by atoms with E-state index in [0.717, 1.165) is 17.4 Å². The summed E-state index contributed by atoms with van der Waals surface area (Å²) in [5.41, 5.74) is 0. The third-order valence-electron chi connectivity index (χ3n) is 1.76. The van der Waals surface area contributed by atoms with E-state index in [0.29, 0.717) is 17.5 Å². The fourth-order valence-electron chi connectivity index (χ4n) is 1.06. The Bertz CT molecular complexity index is 320. The molecule has 0 aliphatic carbocycles. The summed E-state index contributed by atoms with van der Waals surface area (Å²) in [5.74, 6) is 0.596. The van der Waals surface area contributed by atoms with Gasteiger partial charge in [0, 0.05) is 12.7 Å². The molecule has 84 valence electrons. The molecule has 0 unspecified atom stereocenters. The summed E-state index contributed by atoms with van der Waals surface area (Å²) in [6, 6.07) is 1.77. The highest BCUT2D eigenvalue weighted by atomic mass is 79.9. The maximum Gasteiger partial charge on any atom is 0.228 e. The van der Waals surface area contributed by atoms with Gasteiger partial charge in [0.2, 0.25) is 5.88 Å². The number of aromatic nitrogens is 1. The van der Waals surface area contributed by atoms with Gasteiger partial charge >= 0.3 is 0 Å². The zero-order valence-corrected chi connectivity index (χ0v) is 11.2. The van der Waals surface area contributed by atoms with Crippen LogP contribution in [-0.2, 0) is 0 Å². The molecule has 0 aromatic carbocycles. The lowest BCUT2D eigenvalue weighted by molar-refractivity contribution is 0.271. The third kappa shape index (κ3) is 4.82. The van der Waals surface area contributed by atoms with Crippen LogP contribution in [0.4, 0.5) is 0 Å². The van der Waals surface area contributed by atoms with Crippen LogP contribution in [-0.4, -0.2) is 37.1 Å². The van der Waals surface area contributed by atoms with Crippen molar-refractivity contribution in [1.82, 2.24) is 9.88 Å². The second-order valence-electron chi connectivity index (χ2n) is 3.45. The first-order valence-corrected chi connectivity index (χ1v) is 5.85. The second kappa shape index (κ2) is 6.30. The van der Waals surface area contributed by atoms with E-state index in [1.807, 2.05) is 14.1 Å². The monoisotopic (exact) mass is 292 g/mol. The van der Waals surface area contributed by atoms with Crippen molar-refractivity contribution in [3.8, 4) is 5.88 Å². The molecule has 0 amide bonds. The molecule has 1 rings (SSSR count). The van der Waals surface area contributed by atoms with Crippen molar-refractivity contribution in [2.45, 2.75) is 6.42 Å². The molecule has 0 atom stereocenters. The summed E-state index contributed by atoms with van der Waals surface area (Å²) in [6.45, 7) is 1.66. The maximum absolute atomic E-state index is 5.77. The van der Waals surface area contributed by atoms with Crippen molar-refractivity contribution in [3.63, 3.8) is 0 Å². The predicted molar refractivity (Wildman–Crippen MR) is 65.6 cm³/mol. The van der Waals surface area contributed by atoms with Gasteiger partial charge in [0.15, 0.2) is 0 Å². The van der Waals surface area contributed by atoms with E-state index >= 15 is 0 Å². The number of rotatable bonds is 5. The van der Waals surface area contributed by atoms with Crippen molar-refractivity contribution in [2.75, 3.05) is 27.2 Å². The lowest BCUT2D eigenvalue weighted by Gasteiger charge is -2.10. The SMILES string of the molecule is CN(C)CCCOc1ncc(Cl)cc1Br. The van der Waals surface area contributed by atoms with Crippen molar-refractivity contribution in [3.05, 3.63) is 21.8 Å². The Labute approximate surface area is 104 Å². The molecular formula is C10H14BrClN2O. The quantitative estimate of drug-likeness (QED) is 0.781. The minimum absolute atomic E-state index is 0.596. The second-order valence-corrected chi connectivity index (χ2v) is 4.74. The molecule has 0 bridgehead atoms. The molecule has 0 radical (unpaired) electrons. The molecule has 0 saturated carbocycles. The van der Waals surface area contributed by atoms with Gasteiger partial charge < -0.3 is 9.64 Å². The van der Waals surface area contributed by atoms with E-state index in [1.54, 1.807) is 12.3 Å². The summed E-state index contributed by atoms with van der Waals surface area (Å²) in [4.78, 5) is 6.20. The van der Waals surface area contributed by atoms with E-state index in [1.165, 1.54) is 0 Å². The average Bonchev–Trinajstić information content (AvgIpc) is 2.14. The van der Waals surface area contributed by atoms with Crippen LogP contribution < -0.4 is 4.74 Å². The van der Waals surface area contributed by atoms with Crippen LogP contribution in [0.2, 0.25) is 5.02 Å². The van der Waals surface area contributed by atoms with E-state index in [-0.39, 0.29) is 0 Å². The van der Waals surface area contributed by atoms with Gasteiger partial charge in [-0.1, -0.05) is 11.6 Å². The summed E-state index contributed by atoms with van der Waals surface area (Å²) < 4.78 is 6.29. The molecule has 0 N–H and O–H groups in total. The number of nitrogens with zero attached hydrogens (tertiary/aromatic N) is 2. The van der Waals surface area contributed by atoms with Gasteiger partial charge in [-0.3, -0.25) is 0 Å². The van der Waals surface area contributed by atoms with Crippen LogP contribution in [0.5, 0.6) is 5.88 Å². The van der Waals surface area contributed by atoms with Crippen LogP contribution in [0.15, 0.2) is 16.7 Å². The highest BCUT2D eigenvalue weighted by Crippen LogP contribution is 2.24. The highest BCUT2D eigenvalue weighted by molar-refractivity contribution is 9.10. The molecule has 15 heavy (non-hydrogen) atoms. The van der Waals surface area contributed by atoms with Crippen LogP contribution in [0, 0.1) is 0 Å². The molecule has 0 aliphatic rings. The van der Waals surface area contributed by atoms with Crippen molar-refractivity contribution < 1.29 is 4.74 Å². The molecule has 0 fully saturated rings. The van der Waals surface area contributed by atoms with Gasteiger partial charge in [0.25, 0.3) is 0 Å². The first-order valence-electron chi connectivity index (χ1n) is 4.68. The van der Waals surface area contributed by atoms with Gasteiger partial charge in [-0.2, -0.15) is 0 Å². The Hall–Kier alpha value is -0.320. The van der Waals surface area contributed by atoms with Gasteiger partial charge in [-0.15, -0.1) is 0 Å². The summed E-state index contributed by atoms with van der Waals surface area (Å²) in [7, 11) is 4.08. The Morgan fingerprint density at radius 3 is 2.87 bits per heavy atom. The number of ether oxygens (including phenoxy) is 1. The van der Waals surface area contributed by atoms with Crippen molar-refractivity contribution in [1.29, 1.82) is 0 Å². The van der Waals surface area contributed by atoms with E-state index < -0.39 is 0 Å². The van der Waals surface area contributed by atoms with Gasteiger partial charge in [-0.05, 0) is 42.5 Å². The summed E-state index contributed by atoms with van der Waals surface area (Å²) in [6.07, 6.45) is 2.55. The van der Waals surface area contributed by atoms with Crippen molar-refractivity contribution in [2.24, 2.45) is 0 Å². The van der Waals surface area contributed by atoms with Crippen LogP contribution in [0.25, 0.3) is 0 Å². The summed E-state index contributed by atoms with van der Waals surface area (Å²) >= 11 is 9.11. The van der Waals surface area contributed by atoms with Gasteiger partial charge in [0.05, 0.1) is 16.1 Å². The van der Waals surface area contributed by atoms with E-state index in [4.69, 9.17) is 16.3 Å². The lowest BCUT2D eigenvalue weighted by Crippen LogP contribution is -2.15. The van der Waals surface area contributed by atoms with E-state index in [9.17, 15) is 0 Å². The topological polar surface area (TPSA) is 25.4 Å². The van der Waals surface area contributed by atoms with Gasteiger partial charge in [-0.25, -0.2) is 4.98 Å². The molecule has 0 saturated heterocycles. The van der Waals surface area contributed by atoms with Crippen LogP contribution >= 0.6 is 27.5 Å². The number of halogens is 2. The Balaban J connectivity index is 2.37. The predicted octanol–water partition coefficient (Wildman–Crippen LogP) is 2.83. The van der Waals surface area contributed by atoms with E-state index in [2.05, 4.69) is 25.8 Å². The molecule has 1 heterocycles. The zero-order chi connectivity index (χ0) is 11.3. The Morgan fingerprint density at radius 2 is 2.27 bits per heavy atom. The van der Waals surface area contributed by atoms with Crippen molar-refractivity contribution >= 4 is 27.5 Å². The molecule has 5 heteroatoms. The fourth-order valence-corrected chi connectivity index (χ4v) is 1.81. The van der Waals surface area contributed by atoms with Crippen LogP contribution in [0.1, 0.15) is 6.42 Å². The maximum atomic E-state index is 5.77. The molecule has 1 aromatic heterocycles. The molecule has 3 nitrogen and oxygen atoms in total. The largest absolute Gasteiger partial charge is 0.477 e. The molecular weight excluding hydrogens is 279 g/mol. The smallest absolute Gasteiger partial charge is 0.228 e. The highest BCUT2D eigenvalue weighted by Gasteiger charge is 2.03. The summed E-state index contributed by atoms with van der Waals surface area (Å²) in [5, 5.41) is 0.600. The number of pyridine rings is 1. The number of hydrogen-bond donors (Lipinski definition) is 0. The standard InChI is InChI=1S/C10H14BrClN2O/c1-14(2)4-3-5-15-10-9(11)6-8(12)7-13-10/h6-7H,3-5H2,1-2H3. The molecule has 0 aliphatic heterocycles. The third-order valence-corrected chi connectivity index (χ3v) is 2.54. The minimum atomic E-state index is 0.596. The van der Waals surface area contributed by atoms with Crippen LogP contribution in [0.3, 0.4) is 0 Å². The molecule has 1 aromatic rings. The first-order chi connectivity index (χ1) is 7.09. The first kappa shape index (κ1) is 12.7. The Kier molecular flexibility index (Phi) is 5.36.